The van der Waals surface area contributed by atoms with Gasteiger partial charge in [0.05, 0.1) is 23.9 Å². The molecule has 1 atom stereocenters. The summed E-state index contributed by atoms with van der Waals surface area (Å²) in [5, 5.41) is 10.5. The van der Waals surface area contributed by atoms with Gasteiger partial charge in [0.15, 0.2) is 0 Å². The molecule has 0 saturated heterocycles. The van der Waals surface area contributed by atoms with Crippen LogP contribution in [0.3, 0.4) is 0 Å². The van der Waals surface area contributed by atoms with Crippen LogP contribution in [0.5, 0.6) is 0 Å². The molecule has 0 amide bonds. The summed E-state index contributed by atoms with van der Waals surface area (Å²) >= 11 is 0. The zero-order chi connectivity index (χ0) is 15.9. The van der Waals surface area contributed by atoms with Gasteiger partial charge < -0.3 is 9.84 Å². The summed E-state index contributed by atoms with van der Waals surface area (Å²) in [6, 6.07) is 9.23. The summed E-state index contributed by atoms with van der Waals surface area (Å²) in [4.78, 5) is 28.2. The molecule has 0 saturated carbocycles. The molecule has 1 aliphatic carbocycles. The molecule has 1 N–H and O–H groups in total. The Bertz CT molecular complexity index is 830. The van der Waals surface area contributed by atoms with Crippen LogP contribution in [0.4, 0.5) is 0 Å². The first-order valence-corrected chi connectivity index (χ1v) is 6.90. The van der Waals surface area contributed by atoms with Crippen molar-refractivity contribution < 1.29 is 19.4 Å². The molecule has 0 fully saturated rings. The number of carboxylic acid groups (broad SMARTS) is 1. The third-order valence-electron chi connectivity index (χ3n) is 4.13. The number of nitrogens with zero attached hydrogens (tertiary/aromatic N) is 1. The number of aliphatic carboxylic acids is 1. The molecule has 2 aromatic rings. The zero-order valence-electron chi connectivity index (χ0n) is 12.7. The molecular weight excluding hydrogens is 318 g/mol. The first-order valence-electron chi connectivity index (χ1n) is 6.90. The molecule has 0 radical (unpaired) electrons. The van der Waals surface area contributed by atoms with E-state index in [4.69, 9.17) is 4.74 Å². The van der Waals surface area contributed by atoms with E-state index in [2.05, 4.69) is 4.98 Å². The molecule has 120 valence electrons. The summed E-state index contributed by atoms with van der Waals surface area (Å²) in [6.45, 7) is 1.63. The summed E-state index contributed by atoms with van der Waals surface area (Å²) < 4.78 is 4.80. The highest BCUT2D eigenvalue weighted by atomic mass is 35.5. The lowest BCUT2D eigenvalue weighted by atomic mass is 9.74. The molecule has 1 heterocycles. The van der Waals surface area contributed by atoms with Crippen molar-refractivity contribution in [2.24, 2.45) is 0 Å². The standard InChI is InChI=1S/C17H15NO4.ClH/c1-17(16(20)21)8-7-11(15(19)22-2)12-9-10-5-3-4-6-13(10)18-14(12)17;/h3-7,9H,8H2,1-2H3,(H,20,21);1H. The molecule has 6 heteroatoms. The van der Waals surface area contributed by atoms with Crippen LogP contribution in [-0.4, -0.2) is 29.1 Å². The van der Waals surface area contributed by atoms with Gasteiger partial charge in [-0.25, -0.2) is 4.79 Å². The Kier molecular flexibility index (Phi) is 4.43. The molecule has 5 nitrogen and oxygen atoms in total. The quantitative estimate of drug-likeness (QED) is 0.855. The van der Waals surface area contributed by atoms with Gasteiger partial charge in [-0.05, 0) is 25.5 Å². The average Bonchev–Trinajstić information content (AvgIpc) is 2.53. The fourth-order valence-electron chi connectivity index (χ4n) is 2.75. The number of para-hydroxylation sites is 1. The van der Waals surface area contributed by atoms with Crippen LogP contribution in [-0.2, 0) is 19.7 Å². The first-order chi connectivity index (χ1) is 10.5. The number of allylic oxidation sites excluding steroid dienone is 1. The van der Waals surface area contributed by atoms with E-state index in [9.17, 15) is 14.7 Å². The number of carbonyl (C=O) groups is 2. The second kappa shape index (κ2) is 6.01. The highest BCUT2D eigenvalue weighted by Gasteiger charge is 2.42. The van der Waals surface area contributed by atoms with E-state index in [0.717, 1.165) is 5.39 Å². The minimum atomic E-state index is -1.16. The number of ether oxygens (including phenoxy) is 1. The van der Waals surface area contributed by atoms with Gasteiger partial charge in [0.25, 0.3) is 0 Å². The Morgan fingerprint density at radius 2 is 2.00 bits per heavy atom. The largest absolute Gasteiger partial charge is 0.481 e. The molecular formula is C17H16ClNO4. The van der Waals surface area contributed by atoms with Gasteiger partial charge in [-0.15, -0.1) is 12.4 Å². The van der Waals surface area contributed by atoms with Crippen LogP contribution < -0.4 is 0 Å². The predicted octanol–water partition coefficient (Wildman–Crippen LogP) is 2.96. The highest BCUT2D eigenvalue weighted by Crippen LogP contribution is 2.40. The van der Waals surface area contributed by atoms with Crippen LogP contribution in [0.15, 0.2) is 36.4 Å². The van der Waals surface area contributed by atoms with E-state index >= 15 is 0 Å². The summed E-state index contributed by atoms with van der Waals surface area (Å²) in [6.07, 6.45) is 1.82. The number of hydrogen-bond acceptors (Lipinski definition) is 4. The van der Waals surface area contributed by atoms with Crippen molar-refractivity contribution in [2.45, 2.75) is 18.8 Å². The Hall–Kier alpha value is -2.40. The fourth-order valence-corrected chi connectivity index (χ4v) is 2.75. The molecule has 1 aromatic heterocycles. The second-order valence-electron chi connectivity index (χ2n) is 5.53. The number of hydrogen-bond donors (Lipinski definition) is 1. The number of rotatable bonds is 2. The number of benzene rings is 1. The average molecular weight is 334 g/mol. The summed E-state index contributed by atoms with van der Waals surface area (Å²) in [7, 11) is 1.31. The fraction of sp³-hybridized carbons (Fsp3) is 0.235. The monoisotopic (exact) mass is 333 g/mol. The molecule has 0 aliphatic heterocycles. The van der Waals surface area contributed by atoms with Gasteiger partial charge >= 0.3 is 11.9 Å². The van der Waals surface area contributed by atoms with Crippen molar-refractivity contribution >= 4 is 40.8 Å². The van der Waals surface area contributed by atoms with Crippen LogP contribution in [0.1, 0.15) is 24.6 Å². The smallest absolute Gasteiger partial charge is 0.338 e. The SMILES string of the molecule is COC(=O)C1=CCC(C)(C(=O)O)c2nc3ccccc3cc21.Cl. The molecule has 1 aliphatic rings. The number of methoxy groups -OCH3 is 1. The maximum atomic E-state index is 12.0. The number of carbonyl (C=O) groups excluding carboxylic acids is 1. The minimum absolute atomic E-state index is 0. The van der Waals surface area contributed by atoms with Crippen LogP contribution in [0.2, 0.25) is 0 Å². The van der Waals surface area contributed by atoms with Crippen molar-refractivity contribution in [1.29, 1.82) is 0 Å². The van der Waals surface area contributed by atoms with E-state index in [1.165, 1.54) is 7.11 Å². The maximum absolute atomic E-state index is 12.0. The number of fused-ring (bicyclic) bond motifs is 2. The molecule has 0 spiro atoms. The van der Waals surface area contributed by atoms with E-state index < -0.39 is 17.4 Å². The van der Waals surface area contributed by atoms with Crippen molar-refractivity contribution in [2.75, 3.05) is 7.11 Å². The van der Waals surface area contributed by atoms with E-state index in [0.29, 0.717) is 22.3 Å². The van der Waals surface area contributed by atoms with Crippen molar-refractivity contribution in [3.8, 4) is 0 Å². The molecule has 3 rings (SSSR count). The molecule has 1 aromatic carbocycles. The lowest BCUT2D eigenvalue weighted by molar-refractivity contribution is -0.143. The number of pyridine rings is 1. The minimum Gasteiger partial charge on any atom is -0.481 e. The van der Waals surface area contributed by atoms with Gasteiger partial charge in [-0.2, -0.15) is 0 Å². The van der Waals surface area contributed by atoms with Crippen molar-refractivity contribution in [1.82, 2.24) is 4.98 Å². The summed E-state index contributed by atoms with van der Waals surface area (Å²) in [5.74, 6) is -1.44. The van der Waals surface area contributed by atoms with Gasteiger partial charge in [0.2, 0.25) is 0 Å². The van der Waals surface area contributed by atoms with Gasteiger partial charge in [-0.1, -0.05) is 24.3 Å². The van der Waals surface area contributed by atoms with Crippen LogP contribution in [0, 0.1) is 0 Å². The Morgan fingerprint density at radius 1 is 1.30 bits per heavy atom. The topological polar surface area (TPSA) is 76.5 Å². The van der Waals surface area contributed by atoms with Gasteiger partial charge in [0.1, 0.15) is 5.41 Å². The van der Waals surface area contributed by atoms with Gasteiger partial charge in [0, 0.05) is 10.9 Å². The third kappa shape index (κ3) is 2.57. The number of aromatic nitrogens is 1. The number of halogens is 1. The van der Waals surface area contributed by atoms with Crippen molar-refractivity contribution in [3.63, 3.8) is 0 Å². The van der Waals surface area contributed by atoms with Crippen LogP contribution in [0.25, 0.3) is 16.5 Å². The Labute approximate surface area is 139 Å². The molecule has 0 bridgehead atoms. The second-order valence-corrected chi connectivity index (χ2v) is 5.53. The highest BCUT2D eigenvalue weighted by molar-refractivity contribution is 6.18. The number of esters is 1. The van der Waals surface area contributed by atoms with E-state index in [-0.39, 0.29) is 18.8 Å². The lowest BCUT2D eigenvalue weighted by Crippen LogP contribution is -2.36. The van der Waals surface area contributed by atoms with Crippen LogP contribution >= 0.6 is 12.4 Å². The first kappa shape index (κ1) is 17.0. The predicted molar refractivity (Wildman–Crippen MR) is 88.6 cm³/mol. The van der Waals surface area contributed by atoms with E-state index in [1.54, 1.807) is 19.1 Å². The molecule has 23 heavy (non-hydrogen) atoms. The Morgan fingerprint density at radius 3 is 2.65 bits per heavy atom. The Balaban J connectivity index is 0.00000192. The zero-order valence-corrected chi connectivity index (χ0v) is 13.5. The van der Waals surface area contributed by atoms with Crippen molar-refractivity contribution in [3.05, 3.63) is 47.7 Å². The normalized spacial score (nSPS) is 19.3. The third-order valence-corrected chi connectivity index (χ3v) is 4.13. The molecule has 1 unspecified atom stereocenters. The van der Waals surface area contributed by atoms with E-state index in [1.807, 2.05) is 24.3 Å². The maximum Gasteiger partial charge on any atom is 0.338 e. The summed E-state index contributed by atoms with van der Waals surface area (Å²) in [5.41, 5.74) is 0.856. The number of carboxylic acids is 1. The van der Waals surface area contributed by atoms with Gasteiger partial charge in [-0.3, -0.25) is 9.78 Å². The lowest BCUT2D eigenvalue weighted by Gasteiger charge is -2.30.